The standard InChI is InChI=1S/C10H11F2NO/c11-8-4-5-3-6(13)1-2-7(5)10(14)9(8)12/h4,6,14H,1-3,13H2/t6-/m0/s1. The van der Waals surface area contributed by atoms with E-state index in [-0.39, 0.29) is 6.04 Å². The van der Waals surface area contributed by atoms with Crippen LogP contribution < -0.4 is 5.73 Å². The molecule has 0 amide bonds. The van der Waals surface area contributed by atoms with Gasteiger partial charge in [0.05, 0.1) is 0 Å². The number of halogens is 2. The second-order valence-electron chi connectivity index (χ2n) is 3.66. The van der Waals surface area contributed by atoms with Crippen LogP contribution in [0.3, 0.4) is 0 Å². The first-order valence-electron chi connectivity index (χ1n) is 4.54. The summed E-state index contributed by atoms with van der Waals surface area (Å²) in [4.78, 5) is 0. The fourth-order valence-electron chi connectivity index (χ4n) is 1.88. The largest absolute Gasteiger partial charge is 0.505 e. The predicted molar refractivity (Wildman–Crippen MR) is 48.0 cm³/mol. The van der Waals surface area contributed by atoms with E-state index in [4.69, 9.17) is 5.73 Å². The van der Waals surface area contributed by atoms with E-state index in [1.54, 1.807) is 0 Å². The predicted octanol–water partition coefficient (Wildman–Crippen LogP) is 1.49. The molecule has 14 heavy (non-hydrogen) atoms. The first kappa shape index (κ1) is 9.40. The molecule has 76 valence electrons. The molecular weight excluding hydrogens is 188 g/mol. The van der Waals surface area contributed by atoms with E-state index < -0.39 is 17.4 Å². The molecule has 1 atom stereocenters. The van der Waals surface area contributed by atoms with E-state index in [0.29, 0.717) is 30.4 Å². The van der Waals surface area contributed by atoms with Gasteiger partial charge in [-0.25, -0.2) is 4.39 Å². The monoisotopic (exact) mass is 199 g/mol. The molecule has 0 aliphatic heterocycles. The summed E-state index contributed by atoms with van der Waals surface area (Å²) in [5.41, 5.74) is 6.82. The molecule has 2 nitrogen and oxygen atoms in total. The topological polar surface area (TPSA) is 46.2 Å². The molecule has 0 saturated carbocycles. The van der Waals surface area contributed by atoms with Gasteiger partial charge in [-0.2, -0.15) is 4.39 Å². The Bertz CT molecular complexity index is 379. The van der Waals surface area contributed by atoms with Crippen LogP contribution in [0.25, 0.3) is 0 Å². The Hall–Kier alpha value is -1.16. The van der Waals surface area contributed by atoms with E-state index in [1.165, 1.54) is 0 Å². The van der Waals surface area contributed by atoms with Crippen molar-refractivity contribution in [3.05, 3.63) is 28.8 Å². The van der Waals surface area contributed by atoms with Crippen molar-refractivity contribution in [2.24, 2.45) is 5.73 Å². The van der Waals surface area contributed by atoms with E-state index in [2.05, 4.69) is 0 Å². The highest BCUT2D eigenvalue weighted by atomic mass is 19.2. The lowest BCUT2D eigenvalue weighted by Gasteiger charge is -2.22. The van der Waals surface area contributed by atoms with Crippen molar-refractivity contribution in [2.75, 3.05) is 0 Å². The lowest BCUT2D eigenvalue weighted by Crippen LogP contribution is -2.28. The molecular formula is C10H11F2NO. The van der Waals surface area contributed by atoms with Crippen LogP contribution in [0.2, 0.25) is 0 Å². The van der Waals surface area contributed by atoms with Gasteiger partial charge in [0.25, 0.3) is 0 Å². The summed E-state index contributed by atoms with van der Waals surface area (Å²) in [7, 11) is 0. The maximum atomic E-state index is 13.0. The van der Waals surface area contributed by atoms with E-state index in [9.17, 15) is 13.9 Å². The number of benzene rings is 1. The maximum absolute atomic E-state index is 13.0. The Kier molecular flexibility index (Phi) is 2.15. The number of phenolic OH excluding ortho intramolecular Hbond substituents is 1. The molecule has 0 saturated heterocycles. The molecule has 1 aliphatic rings. The fraction of sp³-hybridized carbons (Fsp3) is 0.400. The summed E-state index contributed by atoms with van der Waals surface area (Å²) in [5, 5.41) is 9.35. The Morgan fingerprint density at radius 1 is 1.43 bits per heavy atom. The minimum Gasteiger partial charge on any atom is -0.505 e. The highest BCUT2D eigenvalue weighted by Gasteiger charge is 2.23. The van der Waals surface area contributed by atoms with Gasteiger partial charge in [-0.15, -0.1) is 0 Å². The van der Waals surface area contributed by atoms with Crippen LogP contribution in [0.4, 0.5) is 8.78 Å². The zero-order valence-corrected chi connectivity index (χ0v) is 7.56. The Morgan fingerprint density at radius 3 is 2.86 bits per heavy atom. The molecule has 0 radical (unpaired) electrons. The smallest absolute Gasteiger partial charge is 0.200 e. The minimum absolute atomic E-state index is 0.0215. The third kappa shape index (κ3) is 1.35. The van der Waals surface area contributed by atoms with Crippen molar-refractivity contribution in [3.8, 4) is 5.75 Å². The second kappa shape index (κ2) is 3.20. The highest BCUT2D eigenvalue weighted by molar-refractivity contribution is 5.43. The van der Waals surface area contributed by atoms with Gasteiger partial charge in [0.1, 0.15) is 0 Å². The van der Waals surface area contributed by atoms with Gasteiger partial charge in [0.2, 0.25) is 5.82 Å². The van der Waals surface area contributed by atoms with Gasteiger partial charge < -0.3 is 10.8 Å². The molecule has 3 N–H and O–H groups in total. The molecule has 1 aromatic carbocycles. The molecule has 2 rings (SSSR count). The van der Waals surface area contributed by atoms with Crippen LogP contribution in [-0.2, 0) is 12.8 Å². The maximum Gasteiger partial charge on any atom is 0.200 e. The number of hydrogen-bond donors (Lipinski definition) is 2. The summed E-state index contributed by atoms with van der Waals surface area (Å²) in [6.45, 7) is 0. The van der Waals surface area contributed by atoms with Crippen molar-refractivity contribution in [2.45, 2.75) is 25.3 Å². The summed E-state index contributed by atoms with van der Waals surface area (Å²) in [5.74, 6) is -2.71. The van der Waals surface area contributed by atoms with E-state index >= 15 is 0 Å². The van der Waals surface area contributed by atoms with Crippen LogP contribution >= 0.6 is 0 Å². The number of rotatable bonds is 0. The van der Waals surface area contributed by atoms with Gasteiger partial charge in [-0.05, 0) is 30.9 Å². The van der Waals surface area contributed by atoms with Crippen molar-refractivity contribution in [3.63, 3.8) is 0 Å². The first-order chi connectivity index (χ1) is 6.59. The second-order valence-corrected chi connectivity index (χ2v) is 3.66. The quantitative estimate of drug-likeness (QED) is 0.665. The minimum atomic E-state index is -1.15. The Labute approximate surface area is 80.4 Å². The van der Waals surface area contributed by atoms with Crippen molar-refractivity contribution < 1.29 is 13.9 Å². The molecule has 0 heterocycles. The SMILES string of the molecule is N[C@H]1CCc2c(cc(F)c(F)c2O)C1. The van der Waals surface area contributed by atoms with Crippen LogP contribution in [-0.4, -0.2) is 11.1 Å². The van der Waals surface area contributed by atoms with Gasteiger partial charge in [0.15, 0.2) is 11.6 Å². The van der Waals surface area contributed by atoms with Crippen molar-refractivity contribution in [1.29, 1.82) is 0 Å². The summed E-state index contributed by atoms with van der Waals surface area (Å²) in [6.07, 6.45) is 1.71. The van der Waals surface area contributed by atoms with Gasteiger partial charge in [-0.3, -0.25) is 0 Å². The molecule has 0 spiro atoms. The van der Waals surface area contributed by atoms with Crippen LogP contribution in [0, 0.1) is 11.6 Å². The lowest BCUT2D eigenvalue weighted by atomic mass is 9.88. The van der Waals surface area contributed by atoms with Gasteiger partial charge in [0, 0.05) is 11.6 Å². The number of aromatic hydroxyl groups is 1. The molecule has 0 aromatic heterocycles. The van der Waals surface area contributed by atoms with Gasteiger partial charge >= 0.3 is 0 Å². The molecule has 0 bridgehead atoms. The average Bonchev–Trinajstić information content (AvgIpc) is 2.14. The summed E-state index contributed by atoms with van der Waals surface area (Å²) < 4.78 is 25.9. The normalized spacial score (nSPS) is 20.6. The van der Waals surface area contributed by atoms with E-state index in [0.717, 1.165) is 6.07 Å². The molecule has 0 unspecified atom stereocenters. The lowest BCUT2D eigenvalue weighted by molar-refractivity contribution is 0.393. The number of hydrogen-bond acceptors (Lipinski definition) is 2. The Balaban J connectivity index is 2.54. The van der Waals surface area contributed by atoms with Crippen LogP contribution in [0.15, 0.2) is 6.07 Å². The van der Waals surface area contributed by atoms with Crippen molar-refractivity contribution >= 4 is 0 Å². The molecule has 1 aliphatic carbocycles. The highest BCUT2D eigenvalue weighted by Crippen LogP contribution is 2.32. The molecule has 4 heteroatoms. The summed E-state index contributed by atoms with van der Waals surface area (Å²) >= 11 is 0. The van der Waals surface area contributed by atoms with Crippen LogP contribution in [0.1, 0.15) is 17.5 Å². The van der Waals surface area contributed by atoms with Crippen LogP contribution in [0.5, 0.6) is 5.75 Å². The average molecular weight is 199 g/mol. The molecule has 0 fully saturated rings. The number of nitrogens with two attached hydrogens (primary N) is 1. The molecule has 1 aromatic rings. The first-order valence-corrected chi connectivity index (χ1v) is 4.54. The number of fused-ring (bicyclic) bond motifs is 1. The zero-order valence-electron chi connectivity index (χ0n) is 7.56. The van der Waals surface area contributed by atoms with Crippen molar-refractivity contribution in [1.82, 2.24) is 0 Å². The van der Waals surface area contributed by atoms with E-state index in [1.807, 2.05) is 0 Å². The number of phenols is 1. The zero-order chi connectivity index (χ0) is 10.3. The third-order valence-electron chi connectivity index (χ3n) is 2.64. The Morgan fingerprint density at radius 2 is 2.14 bits per heavy atom. The fourth-order valence-corrected chi connectivity index (χ4v) is 1.88. The summed E-state index contributed by atoms with van der Waals surface area (Å²) in [6, 6.07) is 1.11. The third-order valence-corrected chi connectivity index (χ3v) is 2.64. The van der Waals surface area contributed by atoms with Gasteiger partial charge in [-0.1, -0.05) is 0 Å².